The molecule has 1 heterocycles. The summed E-state index contributed by atoms with van der Waals surface area (Å²) >= 11 is 3.94. The van der Waals surface area contributed by atoms with E-state index in [1.54, 1.807) is 0 Å². The molecule has 4 atom stereocenters. The molecule has 0 amide bonds. The highest BCUT2D eigenvalue weighted by atomic mass is 79.9. The lowest BCUT2D eigenvalue weighted by atomic mass is 9.93. The van der Waals surface area contributed by atoms with E-state index in [0.717, 1.165) is 29.9 Å². The number of ether oxygens (including phenoxy) is 1. The summed E-state index contributed by atoms with van der Waals surface area (Å²) in [6.07, 6.45) is 5.79. The minimum absolute atomic E-state index is 0.350. The van der Waals surface area contributed by atoms with Gasteiger partial charge in [-0.15, -0.1) is 0 Å². The normalized spacial score (nSPS) is 37.9. The summed E-state index contributed by atoms with van der Waals surface area (Å²) in [6.45, 7) is 2.15. The Morgan fingerprint density at radius 2 is 2.00 bits per heavy atom. The highest BCUT2D eigenvalue weighted by Gasteiger charge is 2.47. The third kappa shape index (κ3) is 1.80. The van der Waals surface area contributed by atoms with Gasteiger partial charge in [0.2, 0.25) is 0 Å². The van der Waals surface area contributed by atoms with Crippen molar-refractivity contribution in [3.63, 3.8) is 0 Å². The van der Waals surface area contributed by atoms with E-state index in [0.29, 0.717) is 10.9 Å². The van der Waals surface area contributed by atoms with Crippen molar-refractivity contribution < 1.29 is 4.74 Å². The monoisotopic (exact) mass is 306 g/mol. The van der Waals surface area contributed by atoms with Gasteiger partial charge in [0.25, 0.3) is 0 Å². The fourth-order valence-electron chi connectivity index (χ4n) is 3.89. The van der Waals surface area contributed by atoms with E-state index in [-0.39, 0.29) is 0 Å². The third-order valence-corrected chi connectivity index (χ3v) is 6.21. The number of halogens is 1. The maximum atomic E-state index is 5.78. The molecule has 0 spiro atoms. The van der Waals surface area contributed by atoms with Crippen LogP contribution >= 0.6 is 15.9 Å². The highest BCUT2D eigenvalue weighted by Crippen LogP contribution is 2.58. The van der Waals surface area contributed by atoms with Crippen LogP contribution in [0.5, 0.6) is 5.75 Å². The lowest BCUT2D eigenvalue weighted by Gasteiger charge is -2.19. The minimum Gasteiger partial charge on any atom is -0.490 e. The second-order valence-corrected chi connectivity index (χ2v) is 7.38. The average Bonchev–Trinajstić information content (AvgIpc) is 2.82. The van der Waals surface area contributed by atoms with Crippen LogP contribution in [-0.4, -0.2) is 6.10 Å². The second kappa shape index (κ2) is 4.00. The van der Waals surface area contributed by atoms with Crippen LogP contribution in [0.4, 0.5) is 0 Å². The van der Waals surface area contributed by atoms with Gasteiger partial charge >= 0.3 is 0 Å². The van der Waals surface area contributed by atoms with Gasteiger partial charge in [-0.3, -0.25) is 0 Å². The SMILES string of the molecule is CC1Cc2cc(C(Br)C3CC4CC4C3)ccc2O1. The molecule has 1 aromatic carbocycles. The van der Waals surface area contributed by atoms with Gasteiger partial charge in [-0.05, 0) is 61.1 Å². The molecule has 1 aliphatic heterocycles. The van der Waals surface area contributed by atoms with Crippen LogP contribution in [0.15, 0.2) is 18.2 Å². The van der Waals surface area contributed by atoms with Crippen molar-refractivity contribution in [1.29, 1.82) is 0 Å². The van der Waals surface area contributed by atoms with Crippen LogP contribution in [-0.2, 0) is 6.42 Å². The largest absolute Gasteiger partial charge is 0.490 e. The van der Waals surface area contributed by atoms with Gasteiger partial charge in [0, 0.05) is 11.2 Å². The van der Waals surface area contributed by atoms with Gasteiger partial charge in [-0.2, -0.15) is 0 Å². The molecule has 4 rings (SSSR count). The fraction of sp³-hybridized carbons (Fsp3) is 0.625. The van der Waals surface area contributed by atoms with E-state index >= 15 is 0 Å². The zero-order valence-corrected chi connectivity index (χ0v) is 12.3. The van der Waals surface area contributed by atoms with Crippen molar-refractivity contribution in [2.24, 2.45) is 17.8 Å². The Kier molecular flexibility index (Phi) is 2.52. The molecule has 0 bridgehead atoms. The first-order chi connectivity index (χ1) is 8.70. The van der Waals surface area contributed by atoms with Crippen LogP contribution in [0.3, 0.4) is 0 Å². The summed E-state index contributed by atoms with van der Waals surface area (Å²) in [5, 5.41) is 0. The molecular formula is C16H19BrO. The molecule has 2 fully saturated rings. The van der Waals surface area contributed by atoms with Crippen molar-refractivity contribution in [2.75, 3.05) is 0 Å². The standard InChI is InChI=1S/C16H19BrO/c1-9-4-13-5-10(2-3-15(13)18-9)16(17)14-7-11-6-12(11)8-14/h2-3,5,9,11-12,14,16H,4,6-8H2,1H3. The predicted molar refractivity (Wildman–Crippen MR) is 76.2 cm³/mol. The lowest BCUT2D eigenvalue weighted by Crippen LogP contribution is -2.06. The molecule has 3 aliphatic rings. The van der Waals surface area contributed by atoms with E-state index in [9.17, 15) is 0 Å². The van der Waals surface area contributed by atoms with E-state index in [2.05, 4.69) is 41.1 Å². The topological polar surface area (TPSA) is 9.23 Å². The van der Waals surface area contributed by atoms with E-state index in [4.69, 9.17) is 4.74 Å². The van der Waals surface area contributed by atoms with Crippen molar-refractivity contribution >= 4 is 15.9 Å². The van der Waals surface area contributed by atoms with E-state index in [1.807, 2.05) is 0 Å². The predicted octanol–water partition coefficient (Wildman–Crippen LogP) is 4.49. The maximum absolute atomic E-state index is 5.78. The van der Waals surface area contributed by atoms with Crippen LogP contribution in [0.1, 0.15) is 42.1 Å². The summed E-state index contributed by atoms with van der Waals surface area (Å²) < 4.78 is 5.78. The Morgan fingerprint density at radius 1 is 1.22 bits per heavy atom. The fourth-order valence-corrected chi connectivity index (χ4v) is 4.60. The smallest absolute Gasteiger partial charge is 0.123 e. The number of rotatable bonds is 2. The molecule has 18 heavy (non-hydrogen) atoms. The van der Waals surface area contributed by atoms with Gasteiger partial charge in [0.15, 0.2) is 0 Å². The van der Waals surface area contributed by atoms with Gasteiger partial charge < -0.3 is 4.74 Å². The number of fused-ring (bicyclic) bond motifs is 2. The molecular weight excluding hydrogens is 288 g/mol. The van der Waals surface area contributed by atoms with Crippen molar-refractivity contribution in [3.8, 4) is 5.75 Å². The van der Waals surface area contributed by atoms with Crippen LogP contribution in [0.2, 0.25) is 0 Å². The summed E-state index contributed by atoms with van der Waals surface area (Å²) in [5.41, 5.74) is 2.85. The summed E-state index contributed by atoms with van der Waals surface area (Å²) in [7, 11) is 0. The first-order valence-electron chi connectivity index (χ1n) is 7.14. The zero-order chi connectivity index (χ0) is 12.3. The molecule has 0 aromatic heterocycles. The van der Waals surface area contributed by atoms with Crippen molar-refractivity contribution in [1.82, 2.24) is 0 Å². The highest BCUT2D eigenvalue weighted by molar-refractivity contribution is 9.09. The zero-order valence-electron chi connectivity index (χ0n) is 10.7. The van der Waals surface area contributed by atoms with Gasteiger partial charge in [0.05, 0.1) is 0 Å². The van der Waals surface area contributed by atoms with Gasteiger partial charge in [-0.1, -0.05) is 28.1 Å². The van der Waals surface area contributed by atoms with Crippen LogP contribution in [0.25, 0.3) is 0 Å². The maximum Gasteiger partial charge on any atom is 0.123 e. The summed E-state index contributed by atoms with van der Waals surface area (Å²) in [6, 6.07) is 6.78. The lowest BCUT2D eigenvalue weighted by molar-refractivity contribution is 0.254. The summed E-state index contributed by atoms with van der Waals surface area (Å²) in [5.74, 6) is 4.08. The third-order valence-electron chi connectivity index (χ3n) is 4.93. The van der Waals surface area contributed by atoms with Gasteiger partial charge in [-0.25, -0.2) is 0 Å². The Morgan fingerprint density at radius 3 is 2.78 bits per heavy atom. The van der Waals surface area contributed by atoms with E-state index in [1.165, 1.54) is 30.4 Å². The average molecular weight is 307 g/mol. The summed E-state index contributed by atoms with van der Waals surface area (Å²) in [4.78, 5) is 0.548. The van der Waals surface area contributed by atoms with E-state index < -0.39 is 0 Å². The van der Waals surface area contributed by atoms with Gasteiger partial charge in [0.1, 0.15) is 11.9 Å². The molecule has 0 saturated heterocycles. The van der Waals surface area contributed by atoms with Crippen molar-refractivity contribution in [3.05, 3.63) is 29.3 Å². The molecule has 1 aromatic rings. The number of hydrogen-bond acceptors (Lipinski definition) is 1. The molecule has 1 nitrogen and oxygen atoms in total. The molecule has 4 unspecified atom stereocenters. The number of hydrogen-bond donors (Lipinski definition) is 0. The Hall–Kier alpha value is -0.500. The number of alkyl halides is 1. The Balaban J connectivity index is 1.56. The molecule has 2 aliphatic carbocycles. The van der Waals surface area contributed by atoms with Crippen LogP contribution in [0, 0.1) is 17.8 Å². The molecule has 96 valence electrons. The van der Waals surface area contributed by atoms with Crippen molar-refractivity contribution in [2.45, 2.75) is 43.5 Å². The molecule has 0 radical (unpaired) electrons. The first kappa shape index (κ1) is 11.3. The Labute approximate surface area is 117 Å². The molecule has 2 saturated carbocycles. The first-order valence-corrected chi connectivity index (χ1v) is 8.06. The number of benzene rings is 1. The van der Waals surface area contributed by atoms with Crippen LogP contribution < -0.4 is 4.74 Å². The quantitative estimate of drug-likeness (QED) is 0.731. The minimum atomic E-state index is 0.350. The molecule has 2 heteroatoms. The second-order valence-electron chi connectivity index (χ2n) is 6.39. The molecule has 0 N–H and O–H groups in total. The Bertz CT molecular complexity index is 474.